The van der Waals surface area contributed by atoms with E-state index in [0.717, 1.165) is 83.0 Å². The number of nitrogens with zero attached hydrogens (tertiary/aromatic N) is 4. The van der Waals surface area contributed by atoms with E-state index in [2.05, 4.69) is 124 Å². The van der Waals surface area contributed by atoms with Gasteiger partial charge in [-0.05, 0) is 92.6 Å². The molecule has 6 heteroatoms. The number of aromatic nitrogens is 4. The fourth-order valence-electron chi connectivity index (χ4n) is 8.26. The Morgan fingerprint density at radius 2 is 1.63 bits per heavy atom. The summed E-state index contributed by atoms with van der Waals surface area (Å²) in [5.41, 5.74) is 10.8. The first-order valence-electron chi connectivity index (χ1n) is 18.6. The van der Waals surface area contributed by atoms with Gasteiger partial charge in [-0.15, -0.1) is 35.7 Å². The van der Waals surface area contributed by atoms with Gasteiger partial charge in [0.05, 0.1) is 5.69 Å². The van der Waals surface area contributed by atoms with E-state index >= 15 is 0 Å². The summed E-state index contributed by atoms with van der Waals surface area (Å²) >= 11 is 0. The van der Waals surface area contributed by atoms with E-state index in [1.807, 2.05) is 18.3 Å². The van der Waals surface area contributed by atoms with E-state index < -0.39 is 0 Å². The standard InChI is InChI=1S/C45H50N4O.Pt/c1-8-10-15-39-45(44-32(6)22-30(4)23-33(44)7)41(16-11-9-2)49(47-39)34-24-31(5)25-36(27-34)50-35-18-19-38-37-14-12-13-17-40(37)48(42(38)28-35)43-26-29(3)20-21-46-43;/h12-14,17-22,24-26,30,33,44H,8-11,15-16,23H2,1-7H3;/q-2;+2/t30-,33-,44?;/m0./s1. The Bertz CT molecular complexity index is 2190. The van der Waals surface area contributed by atoms with Gasteiger partial charge in [0, 0.05) is 40.4 Å². The summed E-state index contributed by atoms with van der Waals surface area (Å²) in [5, 5.41) is 7.71. The molecule has 266 valence electrons. The number of hydrogen-bond donors (Lipinski definition) is 0. The molecule has 0 spiro atoms. The number of hydrogen-bond acceptors (Lipinski definition) is 3. The zero-order valence-corrected chi connectivity index (χ0v) is 33.4. The molecule has 1 aliphatic rings. The molecule has 51 heavy (non-hydrogen) atoms. The van der Waals surface area contributed by atoms with Crippen molar-refractivity contribution in [3.63, 3.8) is 0 Å². The second-order valence-electron chi connectivity index (χ2n) is 14.6. The zero-order valence-electron chi connectivity index (χ0n) is 31.1. The predicted molar refractivity (Wildman–Crippen MR) is 206 cm³/mol. The smallest absolute Gasteiger partial charge is 0.509 e. The number of allylic oxidation sites excluding steroid dienone is 2. The molecule has 0 aliphatic heterocycles. The van der Waals surface area contributed by atoms with Crippen LogP contribution in [0.15, 0.2) is 78.5 Å². The molecule has 6 aromatic rings. The summed E-state index contributed by atoms with van der Waals surface area (Å²) in [6.07, 6.45) is 12.1. The summed E-state index contributed by atoms with van der Waals surface area (Å²) in [5.74, 6) is 3.76. The van der Waals surface area contributed by atoms with Crippen LogP contribution in [0.25, 0.3) is 33.3 Å². The van der Waals surface area contributed by atoms with Crippen molar-refractivity contribution < 1.29 is 25.8 Å². The van der Waals surface area contributed by atoms with Gasteiger partial charge in [0.15, 0.2) is 0 Å². The third-order valence-corrected chi connectivity index (χ3v) is 10.4. The normalized spacial score (nSPS) is 17.5. The molecule has 1 unspecified atom stereocenters. The maximum atomic E-state index is 6.63. The topological polar surface area (TPSA) is 44.9 Å². The Morgan fingerprint density at radius 1 is 0.843 bits per heavy atom. The van der Waals surface area contributed by atoms with Gasteiger partial charge in [0.2, 0.25) is 0 Å². The van der Waals surface area contributed by atoms with Gasteiger partial charge in [-0.25, -0.2) is 4.98 Å². The molecule has 7 rings (SSSR count). The van der Waals surface area contributed by atoms with Crippen LogP contribution in [0, 0.1) is 37.8 Å². The maximum Gasteiger partial charge on any atom is 2.00 e. The molecule has 0 bridgehead atoms. The summed E-state index contributed by atoms with van der Waals surface area (Å²) in [6.45, 7) is 15.9. The molecule has 3 aromatic heterocycles. The van der Waals surface area contributed by atoms with E-state index in [-0.39, 0.29) is 21.1 Å². The number of pyridine rings is 1. The summed E-state index contributed by atoms with van der Waals surface area (Å²) in [6, 6.07) is 28.3. The second kappa shape index (κ2) is 15.7. The van der Waals surface area contributed by atoms with Crippen LogP contribution >= 0.6 is 0 Å². The Labute approximate surface area is 318 Å². The molecule has 0 saturated heterocycles. The second-order valence-corrected chi connectivity index (χ2v) is 14.6. The van der Waals surface area contributed by atoms with Crippen LogP contribution in [0.5, 0.6) is 11.5 Å². The Balaban J connectivity index is 0.00000448. The van der Waals surface area contributed by atoms with Crippen LogP contribution in [0.4, 0.5) is 0 Å². The van der Waals surface area contributed by atoms with E-state index in [1.165, 1.54) is 28.9 Å². The van der Waals surface area contributed by atoms with Crippen molar-refractivity contribution in [2.75, 3.05) is 0 Å². The molecule has 0 saturated carbocycles. The molecule has 3 atom stereocenters. The molecule has 0 fully saturated rings. The molecule has 0 amide bonds. The zero-order chi connectivity index (χ0) is 34.9. The molecule has 5 nitrogen and oxygen atoms in total. The van der Waals surface area contributed by atoms with Gasteiger partial charge in [0.25, 0.3) is 0 Å². The number of aryl methyl sites for hydroxylation is 3. The van der Waals surface area contributed by atoms with Crippen molar-refractivity contribution in [3.8, 4) is 23.0 Å². The molecular formula is C45H50N4OPt. The van der Waals surface area contributed by atoms with E-state index in [1.54, 1.807) is 0 Å². The van der Waals surface area contributed by atoms with E-state index in [0.29, 0.717) is 29.3 Å². The van der Waals surface area contributed by atoms with Crippen molar-refractivity contribution in [2.24, 2.45) is 11.8 Å². The maximum absolute atomic E-state index is 6.63. The quantitative estimate of drug-likeness (QED) is 0.0963. The van der Waals surface area contributed by atoms with Crippen molar-refractivity contribution >= 4 is 21.8 Å². The largest absolute Gasteiger partial charge is 2.00 e. The number of unbranched alkanes of at least 4 members (excludes halogenated alkanes) is 2. The van der Waals surface area contributed by atoms with Crippen LogP contribution in [-0.2, 0) is 33.9 Å². The van der Waals surface area contributed by atoms with Gasteiger partial charge >= 0.3 is 21.1 Å². The van der Waals surface area contributed by atoms with Crippen molar-refractivity contribution in [1.82, 2.24) is 19.3 Å². The van der Waals surface area contributed by atoms with E-state index in [9.17, 15) is 0 Å². The first-order valence-corrected chi connectivity index (χ1v) is 18.6. The van der Waals surface area contributed by atoms with E-state index in [4.69, 9.17) is 14.8 Å². The van der Waals surface area contributed by atoms with Gasteiger partial charge in [-0.1, -0.05) is 82.8 Å². The van der Waals surface area contributed by atoms with Gasteiger partial charge in [-0.3, -0.25) is 4.68 Å². The Morgan fingerprint density at radius 3 is 2.39 bits per heavy atom. The van der Waals surface area contributed by atoms with Crippen LogP contribution in [-0.4, -0.2) is 19.3 Å². The molecule has 1 aliphatic carbocycles. The fourth-order valence-corrected chi connectivity index (χ4v) is 8.26. The molecule has 3 heterocycles. The summed E-state index contributed by atoms with van der Waals surface area (Å²) < 4.78 is 11.0. The van der Waals surface area contributed by atoms with Gasteiger partial charge < -0.3 is 9.30 Å². The number of para-hydroxylation sites is 1. The first kappa shape index (κ1) is 36.8. The number of rotatable bonds is 11. The summed E-state index contributed by atoms with van der Waals surface area (Å²) in [4.78, 5) is 4.74. The fraction of sp³-hybridized carbons (Fsp3) is 0.378. The Hall–Kier alpha value is -3.95. The molecule has 3 aromatic carbocycles. The molecule has 0 radical (unpaired) electrons. The third-order valence-electron chi connectivity index (χ3n) is 10.4. The van der Waals surface area contributed by atoms with Crippen molar-refractivity contribution in [2.45, 2.75) is 99.3 Å². The van der Waals surface area contributed by atoms with Crippen LogP contribution in [0.3, 0.4) is 0 Å². The SMILES string of the molecule is CCCCc1nn(-c2[c-]c(Oc3[c-]c4c(cc3)c3ccccc3n4-c3cc(C)ccn3)cc(C)c2)c(CCCC)c1C1C(C)=C[C@H](C)C[C@@H]1C.[Pt+2]. The predicted octanol–water partition coefficient (Wildman–Crippen LogP) is 11.8. The minimum Gasteiger partial charge on any atom is -0.509 e. The third kappa shape index (κ3) is 7.38. The monoisotopic (exact) mass is 857 g/mol. The number of ether oxygens (including phenoxy) is 1. The average Bonchev–Trinajstić information content (AvgIpc) is 3.60. The average molecular weight is 858 g/mol. The summed E-state index contributed by atoms with van der Waals surface area (Å²) in [7, 11) is 0. The van der Waals surface area contributed by atoms with Crippen LogP contribution < -0.4 is 4.74 Å². The number of fused-ring (bicyclic) bond motifs is 3. The first-order chi connectivity index (χ1) is 24.2. The van der Waals surface area contributed by atoms with Crippen LogP contribution in [0.2, 0.25) is 0 Å². The van der Waals surface area contributed by atoms with Gasteiger partial charge in [0.1, 0.15) is 5.82 Å². The van der Waals surface area contributed by atoms with Gasteiger partial charge in [-0.2, -0.15) is 16.7 Å². The van der Waals surface area contributed by atoms with Crippen molar-refractivity contribution in [3.05, 3.63) is 119 Å². The number of benzene rings is 3. The Kier molecular flexibility index (Phi) is 11.4. The minimum absolute atomic E-state index is 0. The van der Waals surface area contributed by atoms with Crippen molar-refractivity contribution in [1.29, 1.82) is 0 Å². The van der Waals surface area contributed by atoms with Crippen LogP contribution in [0.1, 0.15) is 101 Å². The minimum atomic E-state index is 0. The molecular weight excluding hydrogens is 808 g/mol. The molecule has 0 N–H and O–H groups in total.